The highest BCUT2D eigenvalue weighted by Crippen LogP contribution is 2.38. The number of hydrogen-bond acceptors (Lipinski definition) is 4. The summed E-state index contributed by atoms with van der Waals surface area (Å²) in [4.78, 5) is 40.5. The maximum atomic E-state index is 13.4. The Hall–Kier alpha value is -2.59. The Morgan fingerprint density at radius 2 is 1.97 bits per heavy atom. The van der Waals surface area contributed by atoms with Gasteiger partial charge in [0.15, 0.2) is 0 Å². The van der Waals surface area contributed by atoms with Gasteiger partial charge in [-0.1, -0.05) is 11.6 Å². The number of piperidine rings is 1. The average Bonchev–Trinajstić information content (AvgIpc) is 3.16. The molecule has 0 aliphatic carbocycles. The normalized spacial score (nSPS) is 18.8. The van der Waals surface area contributed by atoms with Crippen LogP contribution in [-0.2, 0) is 27.1 Å². The van der Waals surface area contributed by atoms with Crippen molar-refractivity contribution < 1.29 is 27.6 Å². The van der Waals surface area contributed by atoms with E-state index in [1.54, 1.807) is 0 Å². The molecule has 1 aliphatic heterocycles. The van der Waals surface area contributed by atoms with E-state index in [1.807, 2.05) is 18.4 Å². The minimum atomic E-state index is -4.55. The van der Waals surface area contributed by atoms with Crippen LogP contribution in [0.15, 0.2) is 29.6 Å². The smallest absolute Gasteiger partial charge is 0.361 e. The van der Waals surface area contributed by atoms with Crippen LogP contribution in [0.5, 0.6) is 0 Å². The van der Waals surface area contributed by atoms with Gasteiger partial charge >= 0.3 is 18.0 Å². The number of alkyl halides is 3. The molecule has 2 unspecified atom stereocenters. The third kappa shape index (κ3) is 5.67. The van der Waals surface area contributed by atoms with Crippen LogP contribution >= 0.6 is 22.9 Å². The van der Waals surface area contributed by atoms with Gasteiger partial charge in [-0.05, 0) is 54.1 Å². The fourth-order valence-electron chi connectivity index (χ4n) is 4.16. The molecular formula is C22H23ClF3N3O3S. The molecule has 11 heteroatoms. The lowest BCUT2D eigenvalue weighted by atomic mass is 9.82. The Morgan fingerprint density at radius 1 is 1.27 bits per heavy atom. The van der Waals surface area contributed by atoms with Crippen LogP contribution in [0.4, 0.5) is 13.2 Å². The number of nitrogens with zero attached hydrogens (tertiary/aromatic N) is 2. The summed E-state index contributed by atoms with van der Waals surface area (Å²) in [6, 6.07) is 5.12. The first kappa shape index (κ1) is 25.0. The van der Waals surface area contributed by atoms with Crippen LogP contribution in [0, 0.1) is 12.8 Å². The van der Waals surface area contributed by atoms with E-state index in [0.717, 1.165) is 22.6 Å². The number of amides is 3. The maximum absolute atomic E-state index is 13.4. The lowest BCUT2D eigenvalue weighted by Crippen LogP contribution is -2.50. The predicted octanol–water partition coefficient (Wildman–Crippen LogP) is 3.80. The van der Waals surface area contributed by atoms with Gasteiger partial charge in [0.05, 0.1) is 5.56 Å². The molecule has 33 heavy (non-hydrogen) atoms. The molecule has 0 radical (unpaired) electrons. The number of nitrogens with two attached hydrogens (primary N) is 1. The second-order valence-corrected chi connectivity index (χ2v) is 9.51. The molecule has 2 N–H and O–H groups in total. The lowest BCUT2D eigenvalue weighted by Gasteiger charge is -2.38. The number of benzene rings is 1. The van der Waals surface area contributed by atoms with Crippen molar-refractivity contribution in [3.05, 3.63) is 56.2 Å². The molecule has 2 heterocycles. The molecule has 2 aromatic rings. The summed E-state index contributed by atoms with van der Waals surface area (Å²) in [6.07, 6.45) is -4.25. The number of rotatable bonds is 4. The minimum absolute atomic E-state index is 0.0565. The zero-order valence-corrected chi connectivity index (χ0v) is 19.6. The molecule has 178 valence electrons. The number of carbonyl (C=O) groups is 3. The van der Waals surface area contributed by atoms with E-state index in [1.165, 1.54) is 34.3 Å². The number of thiophene rings is 1. The second-order valence-electron chi connectivity index (χ2n) is 8.13. The van der Waals surface area contributed by atoms with Crippen LogP contribution in [0.2, 0.25) is 5.02 Å². The molecule has 1 aromatic heterocycles. The quantitative estimate of drug-likeness (QED) is 0.647. The Bertz CT molecular complexity index is 1070. The number of carbonyl (C=O) groups excluding carboxylic acids is 3. The highest BCUT2D eigenvalue weighted by atomic mass is 35.5. The van der Waals surface area contributed by atoms with E-state index in [9.17, 15) is 27.6 Å². The molecule has 1 aromatic carbocycles. The largest absolute Gasteiger partial charge is 0.416 e. The fourth-order valence-corrected chi connectivity index (χ4v) is 5.50. The van der Waals surface area contributed by atoms with Gasteiger partial charge in [0.2, 0.25) is 5.91 Å². The lowest BCUT2D eigenvalue weighted by molar-refractivity contribution is -0.147. The first-order valence-corrected chi connectivity index (χ1v) is 11.4. The van der Waals surface area contributed by atoms with Crippen molar-refractivity contribution in [1.29, 1.82) is 0 Å². The van der Waals surface area contributed by atoms with E-state index in [-0.39, 0.29) is 42.0 Å². The summed E-state index contributed by atoms with van der Waals surface area (Å²) >= 11 is 7.32. The van der Waals surface area contributed by atoms with Gasteiger partial charge < -0.3 is 15.5 Å². The summed E-state index contributed by atoms with van der Waals surface area (Å²) in [5.41, 5.74) is 5.49. The van der Waals surface area contributed by atoms with Crippen molar-refractivity contribution in [2.75, 3.05) is 20.1 Å². The zero-order chi connectivity index (χ0) is 24.5. The van der Waals surface area contributed by atoms with Crippen molar-refractivity contribution in [2.24, 2.45) is 11.7 Å². The zero-order valence-electron chi connectivity index (χ0n) is 18.0. The van der Waals surface area contributed by atoms with Crippen molar-refractivity contribution in [1.82, 2.24) is 9.80 Å². The van der Waals surface area contributed by atoms with Crippen LogP contribution in [-0.4, -0.2) is 47.7 Å². The second kappa shape index (κ2) is 9.72. The van der Waals surface area contributed by atoms with Crippen LogP contribution < -0.4 is 5.73 Å². The Kier molecular flexibility index (Phi) is 7.38. The molecule has 0 spiro atoms. The van der Waals surface area contributed by atoms with Gasteiger partial charge in [-0.15, -0.1) is 11.3 Å². The van der Waals surface area contributed by atoms with E-state index < -0.39 is 29.5 Å². The van der Waals surface area contributed by atoms with Crippen LogP contribution in [0.25, 0.3) is 0 Å². The van der Waals surface area contributed by atoms with Crippen molar-refractivity contribution in [3.63, 3.8) is 0 Å². The number of halogens is 4. The molecule has 1 aliphatic rings. The van der Waals surface area contributed by atoms with Crippen LogP contribution in [0.1, 0.15) is 33.9 Å². The summed E-state index contributed by atoms with van der Waals surface area (Å²) in [5, 5.41) is 1.82. The van der Waals surface area contributed by atoms with Crippen LogP contribution in [0.3, 0.4) is 0 Å². The van der Waals surface area contributed by atoms with Crippen molar-refractivity contribution >= 4 is 40.7 Å². The molecule has 3 amide bonds. The van der Waals surface area contributed by atoms with E-state index in [2.05, 4.69) is 0 Å². The predicted molar refractivity (Wildman–Crippen MR) is 119 cm³/mol. The highest BCUT2D eigenvalue weighted by Gasteiger charge is 2.40. The monoisotopic (exact) mass is 501 g/mol. The molecule has 2 atom stereocenters. The molecule has 1 fully saturated rings. The first-order valence-electron chi connectivity index (χ1n) is 10.1. The Labute approximate surface area is 198 Å². The number of aryl methyl sites for hydroxylation is 1. The standard InChI is InChI=1S/C22H23ClF3N3O3S/c1-12-4-6-33-18(12)17-11-29(21(32)19(27)30)5-3-16(17)20(31)28(2)10-13-7-14(22(24,25)26)9-15(23)8-13/h4,6-9,16-17H,3,5,10-11H2,1-2H3,(H2,27,30). The molecule has 3 rings (SSSR count). The van der Waals surface area contributed by atoms with Gasteiger partial charge in [-0.3, -0.25) is 14.4 Å². The summed E-state index contributed by atoms with van der Waals surface area (Å²) in [7, 11) is 1.52. The first-order chi connectivity index (χ1) is 15.4. The summed E-state index contributed by atoms with van der Waals surface area (Å²) in [6.45, 7) is 2.18. The maximum Gasteiger partial charge on any atom is 0.416 e. The Balaban J connectivity index is 1.84. The number of primary amides is 1. The van der Waals surface area contributed by atoms with Gasteiger partial charge in [0, 0.05) is 48.4 Å². The molecular weight excluding hydrogens is 479 g/mol. The molecule has 0 saturated carbocycles. The topological polar surface area (TPSA) is 83.7 Å². The molecule has 1 saturated heterocycles. The van der Waals surface area contributed by atoms with Gasteiger partial charge in [-0.25, -0.2) is 0 Å². The van der Waals surface area contributed by atoms with Crippen molar-refractivity contribution in [3.8, 4) is 0 Å². The third-order valence-electron chi connectivity index (χ3n) is 5.75. The van der Waals surface area contributed by atoms with Crippen molar-refractivity contribution in [2.45, 2.75) is 32.0 Å². The summed E-state index contributed by atoms with van der Waals surface area (Å²) < 4.78 is 39.4. The number of likely N-dealkylation sites (tertiary alicyclic amines) is 1. The van der Waals surface area contributed by atoms with Gasteiger partial charge in [0.25, 0.3) is 0 Å². The third-order valence-corrected chi connectivity index (χ3v) is 7.12. The SMILES string of the molecule is Cc1ccsc1C1CN(C(=O)C(N)=O)CCC1C(=O)N(C)Cc1cc(Cl)cc(C(F)(F)F)c1. The minimum Gasteiger partial charge on any atom is -0.361 e. The van der Waals surface area contributed by atoms with Gasteiger partial charge in [0.1, 0.15) is 0 Å². The van der Waals surface area contributed by atoms with E-state index in [0.29, 0.717) is 6.42 Å². The van der Waals surface area contributed by atoms with E-state index >= 15 is 0 Å². The fraction of sp³-hybridized carbons (Fsp3) is 0.409. The highest BCUT2D eigenvalue weighted by molar-refractivity contribution is 7.10. The van der Waals surface area contributed by atoms with E-state index in [4.69, 9.17) is 17.3 Å². The van der Waals surface area contributed by atoms with Gasteiger partial charge in [-0.2, -0.15) is 13.2 Å². The molecule has 0 bridgehead atoms. The molecule has 6 nitrogen and oxygen atoms in total. The Morgan fingerprint density at radius 3 is 2.55 bits per heavy atom. The number of hydrogen-bond donors (Lipinski definition) is 1. The summed E-state index contributed by atoms with van der Waals surface area (Å²) in [5.74, 6) is -2.98. The average molecular weight is 502 g/mol.